The van der Waals surface area contributed by atoms with Crippen molar-refractivity contribution in [2.75, 3.05) is 39.3 Å². The molecule has 28 heavy (non-hydrogen) atoms. The molecule has 0 aromatic carbocycles. The number of likely N-dealkylation sites (tertiary alicyclic amines) is 3. The minimum absolute atomic E-state index is 0.129. The molecule has 3 aliphatic rings. The van der Waals surface area contributed by atoms with E-state index in [1.807, 2.05) is 9.80 Å². The highest BCUT2D eigenvalue weighted by atomic mass is 16.2. The topological polar surface area (TPSA) is 89.6 Å². The molecule has 1 aromatic rings. The number of amides is 2. The van der Waals surface area contributed by atoms with Crippen LogP contribution in [0.15, 0.2) is 17.2 Å². The van der Waals surface area contributed by atoms with E-state index < -0.39 is 0 Å². The SMILES string of the molecule is O=C(c1c[nH]c(=O)cn1)N1CCC(N2CCC[C@@H](C(=O)N3CCCC3)C2)CC1. The number of piperidine rings is 2. The normalized spacial score (nSPS) is 24.5. The summed E-state index contributed by atoms with van der Waals surface area (Å²) in [6, 6.07) is 0.432. The fourth-order valence-corrected chi connectivity index (χ4v) is 4.79. The van der Waals surface area contributed by atoms with E-state index in [4.69, 9.17) is 0 Å². The van der Waals surface area contributed by atoms with Crippen molar-refractivity contribution in [3.05, 3.63) is 28.4 Å². The van der Waals surface area contributed by atoms with Crippen LogP contribution in [0, 0.1) is 5.92 Å². The Labute approximate surface area is 164 Å². The molecule has 0 radical (unpaired) electrons. The minimum Gasteiger partial charge on any atom is -0.342 e. The molecule has 0 unspecified atom stereocenters. The van der Waals surface area contributed by atoms with Gasteiger partial charge in [0.25, 0.3) is 11.5 Å². The Morgan fingerprint density at radius 2 is 1.71 bits per heavy atom. The molecule has 2 amide bonds. The van der Waals surface area contributed by atoms with E-state index in [1.165, 1.54) is 6.20 Å². The van der Waals surface area contributed by atoms with Gasteiger partial charge in [-0.3, -0.25) is 19.3 Å². The molecule has 1 aromatic heterocycles. The zero-order valence-electron chi connectivity index (χ0n) is 16.3. The van der Waals surface area contributed by atoms with Crippen molar-refractivity contribution in [2.24, 2.45) is 5.92 Å². The number of hydrogen-bond acceptors (Lipinski definition) is 5. The molecular weight excluding hydrogens is 358 g/mol. The van der Waals surface area contributed by atoms with Crippen LogP contribution < -0.4 is 5.56 Å². The van der Waals surface area contributed by atoms with Crippen LogP contribution in [0.25, 0.3) is 0 Å². The van der Waals surface area contributed by atoms with Gasteiger partial charge in [0.2, 0.25) is 5.91 Å². The van der Waals surface area contributed by atoms with Crippen molar-refractivity contribution in [2.45, 2.75) is 44.6 Å². The molecule has 0 spiro atoms. The molecular formula is C20H29N5O3. The van der Waals surface area contributed by atoms with Gasteiger partial charge in [0, 0.05) is 45.0 Å². The number of nitrogens with zero attached hydrogens (tertiary/aromatic N) is 4. The highest BCUT2D eigenvalue weighted by Crippen LogP contribution is 2.26. The molecule has 3 saturated heterocycles. The van der Waals surface area contributed by atoms with Gasteiger partial charge in [0.15, 0.2) is 0 Å². The second kappa shape index (κ2) is 8.43. The molecule has 0 bridgehead atoms. The Balaban J connectivity index is 1.30. The monoisotopic (exact) mass is 387 g/mol. The van der Waals surface area contributed by atoms with Crippen molar-refractivity contribution in [3.63, 3.8) is 0 Å². The van der Waals surface area contributed by atoms with Crippen LogP contribution in [-0.4, -0.2) is 81.8 Å². The van der Waals surface area contributed by atoms with Crippen molar-refractivity contribution in [1.82, 2.24) is 24.7 Å². The fourth-order valence-electron chi connectivity index (χ4n) is 4.79. The molecule has 8 nitrogen and oxygen atoms in total. The molecule has 152 valence electrons. The third-order valence-corrected chi connectivity index (χ3v) is 6.38. The first-order valence-electron chi connectivity index (χ1n) is 10.5. The maximum Gasteiger partial charge on any atom is 0.273 e. The number of H-pyrrole nitrogens is 1. The second-order valence-electron chi connectivity index (χ2n) is 8.19. The first kappa shape index (κ1) is 19.1. The number of rotatable bonds is 3. The van der Waals surface area contributed by atoms with E-state index in [0.717, 1.165) is 70.9 Å². The van der Waals surface area contributed by atoms with Crippen LogP contribution in [0.1, 0.15) is 49.0 Å². The van der Waals surface area contributed by atoms with Crippen LogP contribution in [0.2, 0.25) is 0 Å². The number of nitrogens with one attached hydrogen (secondary N) is 1. The highest BCUT2D eigenvalue weighted by Gasteiger charge is 2.34. The number of carbonyl (C=O) groups is 2. The Morgan fingerprint density at radius 1 is 0.964 bits per heavy atom. The molecule has 1 N–H and O–H groups in total. The van der Waals surface area contributed by atoms with E-state index in [0.29, 0.717) is 25.0 Å². The average molecular weight is 387 g/mol. The third kappa shape index (κ3) is 4.11. The molecule has 4 rings (SSSR count). The fraction of sp³-hybridized carbons (Fsp3) is 0.700. The maximum atomic E-state index is 12.8. The Kier molecular flexibility index (Phi) is 5.75. The lowest BCUT2D eigenvalue weighted by atomic mass is 9.93. The molecule has 3 aliphatic heterocycles. The number of carbonyl (C=O) groups excluding carboxylic acids is 2. The van der Waals surface area contributed by atoms with Crippen LogP contribution in [-0.2, 0) is 4.79 Å². The lowest BCUT2D eigenvalue weighted by molar-refractivity contribution is -0.136. The van der Waals surface area contributed by atoms with E-state index in [9.17, 15) is 14.4 Å². The van der Waals surface area contributed by atoms with E-state index >= 15 is 0 Å². The van der Waals surface area contributed by atoms with Gasteiger partial charge in [0.05, 0.1) is 12.1 Å². The predicted molar refractivity (Wildman–Crippen MR) is 104 cm³/mol. The summed E-state index contributed by atoms with van der Waals surface area (Å²) in [4.78, 5) is 49.2. The van der Waals surface area contributed by atoms with Crippen molar-refractivity contribution in [1.29, 1.82) is 0 Å². The highest BCUT2D eigenvalue weighted by molar-refractivity contribution is 5.92. The van der Waals surface area contributed by atoms with Gasteiger partial charge in [0.1, 0.15) is 5.69 Å². The van der Waals surface area contributed by atoms with E-state index in [1.54, 1.807) is 0 Å². The second-order valence-corrected chi connectivity index (χ2v) is 8.19. The van der Waals surface area contributed by atoms with E-state index in [-0.39, 0.29) is 23.1 Å². The summed E-state index contributed by atoms with van der Waals surface area (Å²) in [5.74, 6) is 0.353. The van der Waals surface area contributed by atoms with Gasteiger partial charge in [-0.05, 0) is 45.1 Å². The molecule has 4 heterocycles. The summed E-state index contributed by atoms with van der Waals surface area (Å²) in [6.45, 7) is 5.12. The average Bonchev–Trinajstić information content (AvgIpc) is 3.28. The summed E-state index contributed by atoms with van der Waals surface area (Å²) in [6.07, 6.45) is 8.71. The molecule has 3 fully saturated rings. The van der Waals surface area contributed by atoms with Crippen LogP contribution in [0.4, 0.5) is 0 Å². The van der Waals surface area contributed by atoms with Gasteiger partial charge < -0.3 is 14.8 Å². The number of aromatic amines is 1. The first-order valence-corrected chi connectivity index (χ1v) is 10.5. The lowest BCUT2D eigenvalue weighted by Crippen LogP contribution is -2.51. The van der Waals surface area contributed by atoms with Crippen LogP contribution in [0.5, 0.6) is 0 Å². The maximum absolute atomic E-state index is 12.8. The standard InChI is InChI=1S/C20H29N5O3/c26-18-13-21-17(12-22-18)20(28)24-10-5-16(6-11-24)25-9-3-4-15(14-25)19(27)23-7-1-2-8-23/h12-13,15-16H,1-11,14H2,(H,22,26)/t15-/m1/s1. The van der Waals surface area contributed by atoms with Crippen LogP contribution in [0.3, 0.4) is 0 Å². The smallest absolute Gasteiger partial charge is 0.273 e. The lowest BCUT2D eigenvalue weighted by Gasteiger charge is -2.42. The minimum atomic E-state index is -0.307. The largest absolute Gasteiger partial charge is 0.342 e. The van der Waals surface area contributed by atoms with Gasteiger partial charge >= 0.3 is 0 Å². The zero-order chi connectivity index (χ0) is 19.5. The number of aromatic nitrogens is 2. The van der Waals surface area contributed by atoms with Gasteiger partial charge in [-0.2, -0.15) is 0 Å². The molecule has 0 aliphatic carbocycles. The Hall–Kier alpha value is -2.22. The number of hydrogen-bond donors (Lipinski definition) is 1. The molecule has 0 saturated carbocycles. The summed E-state index contributed by atoms with van der Waals surface area (Å²) in [5.41, 5.74) is -0.0225. The Morgan fingerprint density at radius 3 is 2.39 bits per heavy atom. The van der Waals surface area contributed by atoms with Gasteiger partial charge in [-0.15, -0.1) is 0 Å². The van der Waals surface area contributed by atoms with Gasteiger partial charge in [-0.25, -0.2) is 4.98 Å². The summed E-state index contributed by atoms with van der Waals surface area (Å²) in [5, 5.41) is 0. The molecule has 8 heteroatoms. The predicted octanol–water partition coefficient (Wildman–Crippen LogP) is 0.709. The van der Waals surface area contributed by atoms with Crippen molar-refractivity contribution in [3.8, 4) is 0 Å². The summed E-state index contributed by atoms with van der Waals surface area (Å²) in [7, 11) is 0. The van der Waals surface area contributed by atoms with E-state index in [2.05, 4.69) is 14.9 Å². The first-order chi connectivity index (χ1) is 13.6. The summed E-state index contributed by atoms with van der Waals surface area (Å²) >= 11 is 0. The van der Waals surface area contributed by atoms with Crippen molar-refractivity contribution < 1.29 is 9.59 Å². The Bertz CT molecular complexity index is 745. The third-order valence-electron chi connectivity index (χ3n) is 6.38. The van der Waals surface area contributed by atoms with Crippen molar-refractivity contribution >= 4 is 11.8 Å². The zero-order valence-corrected chi connectivity index (χ0v) is 16.3. The van der Waals surface area contributed by atoms with Crippen LogP contribution >= 0.6 is 0 Å². The quantitative estimate of drug-likeness (QED) is 0.825. The molecule has 1 atom stereocenters. The van der Waals surface area contributed by atoms with Gasteiger partial charge in [-0.1, -0.05) is 0 Å². The summed E-state index contributed by atoms with van der Waals surface area (Å²) < 4.78 is 0.